The molecule has 0 aliphatic carbocycles. The van der Waals surface area contributed by atoms with Crippen LogP contribution in [0.1, 0.15) is 34.6 Å². The largest absolute Gasteiger partial charge is 0.486 e. The summed E-state index contributed by atoms with van der Waals surface area (Å²) in [6.45, 7) is 1.39. The third kappa shape index (κ3) is 4.64. The zero-order chi connectivity index (χ0) is 23.9. The van der Waals surface area contributed by atoms with Crippen molar-refractivity contribution >= 4 is 11.6 Å². The second kappa shape index (κ2) is 8.41. The van der Waals surface area contributed by atoms with Crippen molar-refractivity contribution in [3.63, 3.8) is 0 Å². The molecule has 0 spiro atoms. The van der Waals surface area contributed by atoms with E-state index < -0.39 is 37.7 Å². The summed E-state index contributed by atoms with van der Waals surface area (Å²) in [5, 5.41) is 3.71. The molecule has 0 saturated heterocycles. The molecule has 33 heavy (non-hydrogen) atoms. The molecule has 0 bridgehead atoms. The van der Waals surface area contributed by atoms with Gasteiger partial charge in [0.15, 0.2) is 0 Å². The van der Waals surface area contributed by atoms with Crippen LogP contribution in [0, 0.1) is 6.92 Å². The number of aromatic nitrogens is 4. The molecule has 3 aromatic heterocycles. The van der Waals surface area contributed by atoms with Crippen molar-refractivity contribution in [1.29, 1.82) is 0 Å². The molecule has 3 aromatic rings. The average molecular weight is 467 g/mol. The van der Waals surface area contributed by atoms with E-state index in [2.05, 4.69) is 15.1 Å². The van der Waals surface area contributed by atoms with Crippen molar-refractivity contribution in [2.45, 2.75) is 39.0 Å². The molecule has 1 aliphatic rings. The van der Waals surface area contributed by atoms with Crippen molar-refractivity contribution < 1.29 is 31.5 Å². The number of carbonyl (C=O) groups excluding carboxylic acids is 1. The first-order valence-corrected chi connectivity index (χ1v) is 9.84. The van der Waals surface area contributed by atoms with Gasteiger partial charge < -0.3 is 4.74 Å². The Balaban J connectivity index is 1.65. The van der Waals surface area contributed by atoms with Crippen LogP contribution in [0.3, 0.4) is 0 Å². The highest BCUT2D eigenvalue weighted by molar-refractivity contribution is 6.11. The highest BCUT2D eigenvalue weighted by Crippen LogP contribution is 2.39. The normalized spacial score (nSPS) is 15.9. The third-order valence-electron chi connectivity index (χ3n) is 5.08. The lowest BCUT2D eigenvalue weighted by Crippen LogP contribution is -2.26. The lowest BCUT2D eigenvalue weighted by atomic mass is 10.0. The van der Waals surface area contributed by atoms with E-state index in [0.717, 1.165) is 10.9 Å². The number of aryl methyl sites for hydroxylation is 1. The Bertz CT molecular complexity index is 1190. The van der Waals surface area contributed by atoms with Crippen LogP contribution in [0.2, 0.25) is 0 Å². The van der Waals surface area contributed by atoms with Crippen molar-refractivity contribution in [1.82, 2.24) is 19.7 Å². The molecule has 7 nitrogen and oxygen atoms in total. The van der Waals surface area contributed by atoms with Gasteiger partial charge in [-0.15, -0.1) is 0 Å². The van der Waals surface area contributed by atoms with Gasteiger partial charge in [0.2, 0.25) is 0 Å². The van der Waals surface area contributed by atoms with Gasteiger partial charge in [-0.25, -0.2) is 13.8 Å². The van der Waals surface area contributed by atoms with Crippen LogP contribution >= 0.6 is 0 Å². The first-order valence-electron chi connectivity index (χ1n) is 9.84. The molecule has 4 rings (SSSR count). The minimum atomic E-state index is -4.44. The number of hydrogen-bond donors (Lipinski definition) is 0. The molecule has 174 valence electrons. The first kappa shape index (κ1) is 22.6. The smallest absolute Gasteiger partial charge is 0.408 e. The minimum absolute atomic E-state index is 0.149. The standard InChI is InChI=1S/C21H18F5N5O2/c1-11-3-16(13-4-15(7-27-5-13)33-9-17(22)23)29-19-12(2)31(20(32)18(11)19)14-6-28-30(8-14)10-21(24,25)26/h3-8,12,17H,9-10H2,1-2H3. The predicted octanol–water partition coefficient (Wildman–Crippen LogP) is 4.58. The van der Waals surface area contributed by atoms with Crippen LogP contribution in [0.4, 0.5) is 27.6 Å². The zero-order valence-electron chi connectivity index (χ0n) is 17.5. The number of carbonyl (C=O) groups is 1. The van der Waals surface area contributed by atoms with Gasteiger partial charge in [-0.05, 0) is 31.5 Å². The molecule has 1 aliphatic heterocycles. The van der Waals surface area contributed by atoms with E-state index in [4.69, 9.17) is 4.74 Å². The molecule has 1 unspecified atom stereocenters. The van der Waals surface area contributed by atoms with Crippen LogP contribution in [-0.4, -0.2) is 44.9 Å². The maximum Gasteiger partial charge on any atom is 0.408 e. The zero-order valence-corrected chi connectivity index (χ0v) is 17.5. The molecule has 1 atom stereocenters. The topological polar surface area (TPSA) is 73.1 Å². The van der Waals surface area contributed by atoms with Gasteiger partial charge in [0.25, 0.3) is 12.3 Å². The Labute approximate surface area is 184 Å². The van der Waals surface area contributed by atoms with Crippen molar-refractivity contribution in [3.05, 3.63) is 53.7 Å². The summed E-state index contributed by atoms with van der Waals surface area (Å²) in [5.74, 6) is -0.247. The maximum absolute atomic E-state index is 13.1. The van der Waals surface area contributed by atoms with Crippen LogP contribution in [0.15, 0.2) is 36.9 Å². The fourth-order valence-corrected chi connectivity index (χ4v) is 3.73. The van der Waals surface area contributed by atoms with Gasteiger partial charge in [-0.2, -0.15) is 18.3 Å². The molecule has 12 heteroatoms. The first-order chi connectivity index (χ1) is 15.5. The molecule has 0 aromatic carbocycles. The molecule has 4 heterocycles. The Morgan fingerprint density at radius 3 is 2.64 bits per heavy atom. The third-order valence-corrected chi connectivity index (χ3v) is 5.08. The van der Waals surface area contributed by atoms with E-state index in [-0.39, 0.29) is 11.4 Å². The van der Waals surface area contributed by atoms with Gasteiger partial charge in [0.1, 0.15) is 18.9 Å². The number of ether oxygens (including phenoxy) is 1. The summed E-state index contributed by atoms with van der Waals surface area (Å²) in [6.07, 6.45) is -1.91. The number of nitrogens with zero attached hydrogens (tertiary/aromatic N) is 5. The SMILES string of the molecule is Cc1cc(-c2cncc(OCC(F)F)c2)nc2c1C(=O)N(c1cnn(CC(F)(F)F)c1)C2C. The van der Waals surface area contributed by atoms with Crippen molar-refractivity contribution in [2.24, 2.45) is 0 Å². The monoisotopic (exact) mass is 467 g/mol. The summed E-state index contributed by atoms with van der Waals surface area (Å²) < 4.78 is 68.6. The summed E-state index contributed by atoms with van der Waals surface area (Å²) in [5.41, 5.74) is 2.58. The Kier molecular flexibility index (Phi) is 5.76. The van der Waals surface area contributed by atoms with E-state index in [1.54, 1.807) is 19.9 Å². The highest BCUT2D eigenvalue weighted by atomic mass is 19.4. The molecule has 0 radical (unpaired) electrons. The van der Waals surface area contributed by atoms with Gasteiger partial charge >= 0.3 is 6.18 Å². The van der Waals surface area contributed by atoms with E-state index in [1.165, 1.54) is 29.6 Å². The predicted molar refractivity (Wildman–Crippen MR) is 107 cm³/mol. The second-order valence-electron chi connectivity index (χ2n) is 7.56. The fraction of sp³-hybridized carbons (Fsp3) is 0.333. The molecule has 0 fully saturated rings. The van der Waals surface area contributed by atoms with Crippen molar-refractivity contribution in [2.75, 3.05) is 11.5 Å². The Morgan fingerprint density at radius 1 is 1.18 bits per heavy atom. The molecule has 0 N–H and O–H groups in total. The average Bonchev–Trinajstić information content (AvgIpc) is 3.27. The van der Waals surface area contributed by atoms with Gasteiger partial charge in [0.05, 0.1) is 41.1 Å². The van der Waals surface area contributed by atoms with Crippen LogP contribution in [-0.2, 0) is 6.54 Å². The maximum atomic E-state index is 13.1. The quantitative estimate of drug-likeness (QED) is 0.497. The Hall–Kier alpha value is -3.57. The summed E-state index contributed by atoms with van der Waals surface area (Å²) in [6, 6.07) is 2.61. The van der Waals surface area contributed by atoms with Crippen LogP contribution in [0.5, 0.6) is 5.75 Å². The molecular weight excluding hydrogens is 449 g/mol. The molecule has 1 amide bonds. The number of halogens is 5. The fourth-order valence-electron chi connectivity index (χ4n) is 3.73. The number of anilines is 1. The number of alkyl halides is 5. The highest BCUT2D eigenvalue weighted by Gasteiger charge is 2.39. The van der Waals surface area contributed by atoms with Crippen LogP contribution < -0.4 is 9.64 Å². The van der Waals surface area contributed by atoms with Crippen molar-refractivity contribution in [3.8, 4) is 17.0 Å². The van der Waals surface area contributed by atoms with Gasteiger partial charge in [-0.1, -0.05) is 0 Å². The minimum Gasteiger partial charge on any atom is -0.486 e. The van der Waals surface area contributed by atoms with E-state index in [0.29, 0.717) is 28.1 Å². The number of fused-ring (bicyclic) bond motifs is 1. The summed E-state index contributed by atoms with van der Waals surface area (Å²) in [7, 11) is 0. The van der Waals surface area contributed by atoms with E-state index >= 15 is 0 Å². The second-order valence-corrected chi connectivity index (χ2v) is 7.56. The number of pyridine rings is 2. The molecular formula is C21H18F5N5O2. The lowest BCUT2D eigenvalue weighted by molar-refractivity contribution is -0.142. The van der Waals surface area contributed by atoms with E-state index in [9.17, 15) is 26.7 Å². The lowest BCUT2D eigenvalue weighted by Gasteiger charge is -2.19. The number of hydrogen-bond acceptors (Lipinski definition) is 5. The number of amides is 1. The van der Waals surface area contributed by atoms with Gasteiger partial charge in [0, 0.05) is 18.0 Å². The van der Waals surface area contributed by atoms with Crippen LogP contribution in [0.25, 0.3) is 11.3 Å². The molecule has 0 saturated carbocycles. The summed E-state index contributed by atoms with van der Waals surface area (Å²) in [4.78, 5) is 23.0. The Morgan fingerprint density at radius 2 is 1.94 bits per heavy atom. The van der Waals surface area contributed by atoms with E-state index in [1.807, 2.05) is 0 Å². The summed E-state index contributed by atoms with van der Waals surface area (Å²) >= 11 is 0. The number of rotatable bonds is 6. The van der Waals surface area contributed by atoms with Gasteiger partial charge in [-0.3, -0.25) is 19.4 Å².